The first kappa shape index (κ1) is 14.4. The highest BCUT2D eigenvalue weighted by Crippen LogP contribution is 2.28. The van der Waals surface area contributed by atoms with Crippen LogP contribution in [-0.4, -0.2) is 7.05 Å². The zero-order chi connectivity index (χ0) is 13.8. The maximum Gasteiger partial charge on any atom is 0.146 e. The lowest BCUT2D eigenvalue weighted by molar-refractivity contribution is 0.620. The molecule has 0 radical (unpaired) electrons. The molecule has 2 rings (SSSR count). The highest BCUT2D eigenvalue weighted by Gasteiger charge is 2.13. The van der Waals surface area contributed by atoms with Crippen molar-refractivity contribution < 1.29 is 4.39 Å². The molecule has 0 atom stereocenters. The van der Waals surface area contributed by atoms with E-state index in [1.165, 1.54) is 6.07 Å². The van der Waals surface area contributed by atoms with Gasteiger partial charge in [0.15, 0.2) is 0 Å². The third-order valence-electron chi connectivity index (χ3n) is 2.96. The number of halogens is 3. The number of para-hydroxylation sites is 1. The first-order valence-electron chi connectivity index (χ1n) is 5.91. The molecule has 0 fully saturated rings. The van der Waals surface area contributed by atoms with Crippen molar-refractivity contribution in [1.29, 1.82) is 0 Å². The fourth-order valence-corrected chi connectivity index (χ4v) is 2.70. The summed E-state index contributed by atoms with van der Waals surface area (Å²) in [6.07, 6.45) is 0. The maximum absolute atomic E-state index is 14.0. The van der Waals surface area contributed by atoms with Crippen molar-refractivity contribution in [2.75, 3.05) is 11.9 Å². The van der Waals surface area contributed by atoms with E-state index in [9.17, 15) is 4.39 Å². The van der Waals surface area contributed by atoms with Gasteiger partial charge in [-0.15, -0.1) is 0 Å². The molecule has 0 N–H and O–H groups in total. The van der Waals surface area contributed by atoms with Gasteiger partial charge in [-0.05, 0) is 23.3 Å². The minimum absolute atomic E-state index is 0.216. The smallest absolute Gasteiger partial charge is 0.146 e. The minimum Gasteiger partial charge on any atom is -0.368 e. The van der Waals surface area contributed by atoms with Gasteiger partial charge in [-0.3, -0.25) is 0 Å². The third-order valence-corrected chi connectivity index (χ3v) is 3.93. The van der Waals surface area contributed by atoms with Crippen molar-refractivity contribution in [3.8, 4) is 0 Å². The molecule has 0 aliphatic carbocycles. The summed E-state index contributed by atoms with van der Waals surface area (Å²) in [4.78, 5) is 1.88. The van der Waals surface area contributed by atoms with E-state index in [1.54, 1.807) is 6.07 Å². The quantitative estimate of drug-likeness (QED) is 0.706. The van der Waals surface area contributed by atoms with E-state index in [0.717, 1.165) is 11.1 Å². The summed E-state index contributed by atoms with van der Waals surface area (Å²) in [7, 11) is 1.87. The second-order valence-corrected chi connectivity index (χ2v) is 5.30. The number of anilines is 1. The van der Waals surface area contributed by atoms with Crippen LogP contribution in [0.2, 0.25) is 5.02 Å². The molecule has 0 amide bonds. The zero-order valence-corrected chi connectivity index (χ0v) is 12.9. The number of benzene rings is 2. The Labute approximate surface area is 126 Å². The van der Waals surface area contributed by atoms with Crippen molar-refractivity contribution >= 4 is 33.2 Å². The predicted molar refractivity (Wildman–Crippen MR) is 82.6 cm³/mol. The average Bonchev–Trinajstić information content (AvgIpc) is 2.40. The van der Waals surface area contributed by atoms with E-state index in [1.807, 2.05) is 42.3 Å². The number of alkyl halides is 1. The Morgan fingerprint density at radius 1 is 1.11 bits per heavy atom. The van der Waals surface area contributed by atoms with Gasteiger partial charge < -0.3 is 4.90 Å². The third kappa shape index (κ3) is 3.28. The van der Waals surface area contributed by atoms with E-state index < -0.39 is 0 Å². The van der Waals surface area contributed by atoms with Crippen LogP contribution < -0.4 is 4.90 Å². The molecule has 100 valence electrons. The molecule has 2 aromatic carbocycles. The first-order valence-corrected chi connectivity index (χ1v) is 7.41. The summed E-state index contributed by atoms with van der Waals surface area (Å²) in [5, 5.41) is 1.32. The largest absolute Gasteiger partial charge is 0.368 e. The Morgan fingerprint density at radius 2 is 1.79 bits per heavy atom. The van der Waals surface area contributed by atoms with Crippen LogP contribution in [0.4, 0.5) is 10.1 Å². The SMILES string of the molecule is CN(Cc1ccccc1Cl)c1c(F)cccc1CBr. The summed E-state index contributed by atoms with van der Waals surface area (Å²) in [5.41, 5.74) is 2.52. The van der Waals surface area contributed by atoms with E-state index in [-0.39, 0.29) is 5.82 Å². The molecule has 0 aliphatic heterocycles. The second kappa shape index (κ2) is 6.40. The Hall–Kier alpha value is -1.06. The average molecular weight is 343 g/mol. The number of nitrogens with zero attached hydrogens (tertiary/aromatic N) is 1. The summed E-state index contributed by atoms with van der Waals surface area (Å²) >= 11 is 9.53. The van der Waals surface area contributed by atoms with Crippen LogP contribution in [-0.2, 0) is 11.9 Å². The molecule has 2 aromatic rings. The normalized spacial score (nSPS) is 10.5. The fraction of sp³-hybridized carbons (Fsp3) is 0.200. The number of hydrogen-bond acceptors (Lipinski definition) is 1. The van der Waals surface area contributed by atoms with Crippen molar-refractivity contribution in [3.05, 3.63) is 64.4 Å². The van der Waals surface area contributed by atoms with Crippen LogP contribution in [0.25, 0.3) is 0 Å². The van der Waals surface area contributed by atoms with E-state index in [0.29, 0.717) is 22.6 Å². The van der Waals surface area contributed by atoms with Gasteiger partial charge in [0, 0.05) is 23.9 Å². The van der Waals surface area contributed by atoms with Gasteiger partial charge in [-0.25, -0.2) is 4.39 Å². The Bertz CT molecular complexity index is 574. The van der Waals surface area contributed by atoms with Crippen LogP contribution in [0.1, 0.15) is 11.1 Å². The highest BCUT2D eigenvalue weighted by molar-refractivity contribution is 9.08. The van der Waals surface area contributed by atoms with Gasteiger partial charge in [0.2, 0.25) is 0 Å². The second-order valence-electron chi connectivity index (χ2n) is 4.33. The lowest BCUT2D eigenvalue weighted by Gasteiger charge is -2.23. The molecule has 4 heteroatoms. The van der Waals surface area contributed by atoms with Crippen LogP contribution in [0.3, 0.4) is 0 Å². The van der Waals surface area contributed by atoms with Crippen molar-refractivity contribution in [3.63, 3.8) is 0 Å². The molecule has 0 heterocycles. The molecule has 0 aromatic heterocycles. The minimum atomic E-state index is -0.216. The Kier molecular flexibility index (Phi) is 4.83. The summed E-state index contributed by atoms with van der Waals surface area (Å²) < 4.78 is 14.0. The molecule has 0 spiro atoms. The Balaban J connectivity index is 2.30. The van der Waals surface area contributed by atoms with Crippen molar-refractivity contribution in [2.45, 2.75) is 11.9 Å². The summed E-state index contributed by atoms with van der Waals surface area (Å²) in [5.74, 6) is -0.216. The van der Waals surface area contributed by atoms with Gasteiger partial charge in [0.1, 0.15) is 5.82 Å². The fourth-order valence-electron chi connectivity index (χ4n) is 2.06. The maximum atomic E-state index is 14.0. The van der Waals surface area contributed by atoms with Gasteiger partial charge >= 0.3 is 0 Å². The molecule has 0 aliphatic rings. The molecular weight excluding hydrogens is 329 g/mol. The molecule has 0 unspecified atom stereocenters. The number of rotatable bonds is 4. The van der Waals surface area contributed by atoms with Crippen molar-refractivity contribution in [2.24, 2.45) is 0 Å². The predicted octanol–water partition coefficient (Wildman–Crippen LogP) is 5.01. The van der Waals surface area contributed by atoms with Crippen LogP contribution >= 0.6 is 27.5 Å². The summed E-state index contributed by atoms with van der Waals surface area (Å²) in [6, 6.07) is 12.7. The van der Waals surface area contributed by atoms with Gasteiger partial charge in [0.25, 0.3) is 0 Å². The van der Waals surface area contributed by atoms with E-state index >= 15 is 0 Å². The molecular formula is C15H14BrClFN. The monoisotopic (exact) mass is 341 g/mol. The van der Waals surface area contributed by atoms with E-state index in [2.05, 4.69) is 15.9 Å². The van der Waals surface area contributed by atoms with Crippen LogP contribution in [0.5, 0.6) is 0 Å². The first-order chi connectivity index (χ1) is 9.13. The topological polar surface area (TPSA) is 3.24 Å². The van der Waals surface area contributed by atoms with Gasteiger partial charge in [-0.2, -0.15) is 0 Å². The van der Waals surface area contributed by atoms with Crippen LogP contribution in [0, 0.1) is 5.82 Å². The molecule has 0 saturated heterocycles. The zero-order valence-electron chi connectivity index (χ0n) is 10.5. The molecule has 0 saturated carbocycles. The molecule has 1 nitrogen and oxygen atoms in total. The Morgan fingerprint density at radius 3 is 2.47 bits per heavy atom. The van der Waals surface area contributed by atoms with E-state index in [4.69, 9.17) is 11.6 Å². The summed E-state index contributed by atoms with van der Waals surface area (Å²) in [6.45, 7) is 0.570. The highest BCUT2D eigenvalue weighted by atomic mass is 79.9. The molecule has 0 bridgehead atoms. The lowest BCUT2D eigenvalue weighted by atomic mass is 10.1. The number of hydrogen-bond donors (Lipinski definition) is 0. The van der Waals surface area contributed by atoms with Crippen LogP contribution in [0.15, 0.2) is 42.5 Å². The standard InChI is InChI=1S/C15H14BrClFN/c1-19(10-12-5-2-3-7-13(12)17)15-11(9-16)6-4-8-14(15)18/h2-8H,9-10H2,1H3. The molecule has 19 heavy (non-hydrogen) atoms. The van der Waals surface area contributed by atoms with Gasteiger partial charge in [-0.1, -0.05) is 57.9 Å². The van der Waals surface area contributed by atoms with Crippen molar-refractivity contribution in [1.82, 2.24) is 0 Å². The van der Waals surface area contributed by atoms with Gasteiger partial charge in [0.05, 0.1) is 5.69 Å². The lowest BCUT2D eigenvalue weighted by Crippen LogP contribution is -2.19.